The minimum atomic E-state index is -0.223. The Morgan fingerprint density at radius 3 is 2.34 bits per heavy atom. The molecule has 1 fully saturated rings. The normalized spacial score (nSPS) is 15.5. The molecule has 0 spiro atoms. The monoisotopic (exact) mass is 448 g/mol. The Hall–Kier alpha value is -3.45. The molecule has 32 heavy (non-hydrogen) atoms. The molecule has 3 aromatic rings. The second-order valence-electron chi connectivity index (χ2n) is 7.26. The van der Waals surface area contributed by atoms with Crippen molar-refractivity contribution in [1.82, 2.24) is 0 Å². The first-order valence-corrected chi connectivity index (χ1v) is 11.2. The van der Waals surface area contributed by atoms with Crippen LogP contribution in [-0.4, -0.2) is 38.8 Å². The van der Waals surface area contributed by atoms with E-state index in [1.165, 1.54) is 0 Å². The lowest BCUT2D eigenvalue weighted by Crippen LogP contribution is -2.28. The molecule has 0 saturated carbocycles. The molecule has 7 heteroatoms. The summed E-state index contributed by atoms with van der Waals surface area (Å²) in [6.07, 6.45) is 0. The summed E-state index contributed by atoms with van der Waals surface area (Å²) in [5.74, 6) is 1.35. The Kier molecular flexibility index (Phi) is 6.37. The highest BCUT2D eigenvalue weighted by molar-refractivity contribution is 8.00. The van der Waals surface area contributed by atoms with Crippen molar-refractivity contribution in [2.75, 3.05) is 36.8 Å². The number of benzene rings is 3. The third-order valence-corrected chi connectivity index (χ3v) is 6.61. The Bertz CT molecular complexity index is 1120. The van der Waals surface area contributed by atoms with Gasteiger partial charge in [-0.25, -0.2) is 0 Å². The molecule has 4 rings (SSSR count). The third kappa shape index (κ3) is 4.03. The molecular formula is C25H24N2O4S. The summed E-state index contributed by atoms with van der Waals surface area (Å²) in [7, 11) is 4.89. The van der Waals surface area contributed by atoms with Gasteiger partial charge in [-0.3, -0.25) is 14.5 Å². The first-order valence-electron chi connectivity index (χ1n) is 10.1. The highest BCUT2D eigenvalue weighted by atomic mass is 32.2. The topological polar surface area (TPSA) is 59.1 Å². The van der Waals surface area contributed by atoms with Gasteiger partial charge in [0.05, 0.1) is 25.7 Å². The second kappa shape index (κ2) is 9.36. The summed E-state index contributed by atoms with van der Waals surface area (Å²) in [4.78, 5) is 29.0. The Labute approximate surface area is 191 Å². The number of anilines is 2. The molecule has 0 N–H and O–H groups in total. The van der Waals surface area contributed by atoms with Crippen LogP contribution in [0.5, 0.6) is 11.5 Å². The summed E-state index contributed by atoms with van der Waals surface area (Å²) in [5, 5.41) is -0.223. The van der Waals surface area contributed by atoms with Crippen LogP contribution in [0, 0.1) is 0 Å². The summed E-state index contributed by atoms with van der Waals surface area (Å²) in [6, 6.07) is 22.4. The minimum absolute atomic E-state index is 0.00415. The van der Waals surface area contributed by atoms with Gasteiger partial charge in [-0.2, -0.15) is 0 Å². The van der Waals surface area contributed by atoms with Gasteiger partial charge in [0.15, 0.2) is 11.5 Å². The van der Waals surface area contributed by atoms with E-state index >= 15 is 0 Å². The van der Waals surface area contributed by atoms with Crippen molar-refractivity contribution in [2.45, 2.75) is 5.37 Å². The number of thioether (sulfide) groups is 1. The van der Waals surface area contributed by atoms with Crippen LogP contribution in [0.25, 0.3) is 0 Å². The number of ether oxygens (including phenoxy) is 2. The molecule has 1 aliphatic rings. The molecule has 1 unspecified atom stereocenters. The smallest absolute Gasteiger partial charge is 0.258 e. The summed E-state index contributed by atoms with van der Waals surface area (Å²) < 4.78 is 11.0. The number of para-hydroxylation sites is 2. The fourth-order valence-corrected chi connectivity index (χ4v) is 4.91. The van der Waals surface area contributed by atoms with Gasteiger partial charge in [0.1, 0.15) is 5.37 Å². The SMILES string of the molecule is COc1cccc(N2C(=O)CSC2c2ccc(C(=O)N(C)c3ccccc3)cc2)c1OC. The van der Waals surface area contributed by atoms with E-state index in [0.717, 1.165) is 11.3 Å². The second-order valence-corrected chi connectivity index (χ2v) is 8.33. The van der Waals surface area contributed by atoms with E-state index in [9.17, 15) is 9.59 Å². The van der Waals surface area contributed by atoms with E-state index in [1.807, 2.05) is 54.6 Å². The zero-order valence-corrected chi connectivity index (χ0v) is 19.0. The van der Waals surface area contributed by atoms with E-state index in [0.29, 0.717) is 28.5 Å². The van der Waals surface area contributed by atoms with Gasteiger partial charge in [-0.15, -0.1) is 11.8 Å². The molecule has 1 heterocycles. The molecule has 3 aromatic carbocycles. The standard InChI is InChI=1S/C25H24N2O4S/c1-26(19-8-5-4-6-9-19)24(29)17-12-14-18(15-13-17)25-27(22(28)16-32-25)20-10-7-11-21(30-2)23(20)31-3/h4-15,25H,16H2,1-3H3. The number of rotatable bonds is 6. The predicted molar refractivity (Wildman–Crippen MR) is 128 cm³/mol. The predicted octanol–water partition coefficient (Wildman–Crippen LogP) is 4.76. The maximum absolute atomic E-state index is 12.9. The lowest BCUT2D eigenvalue weighted by Gasteiger charge is -2.26. The van der Waals surface area contributed by atoms with E-state index < -0.39 is 0 Å². The van der Waals surface area contributed by atoms with E-state index in [1.54, 1.807) is 61.0 Å². The van der Waals surface area contributed by atoms with Crippen molar-refractivity contribution in [1.29, 1.82) is 0 Å². The maximum atomic E-state index is 12.9. The highest BCUT2D eigenvalue weighted by Gasteiger charge is 2.36. The van der Waals surface area contributed by atoms with E-state index in [4.69, 9.17) is 9.47 Å². The average Bonchev–Trinajstić information content (AvgIpc) is 3.24. The minimum Gasteiger partial charge on any atom is -0.493 e. The first kappa shape index (κ1) is 21.8. The van der Waals surface area contributed by atoms with Crippen molar-refractivity contribution in [3.8, 4) is 11.5 Å². The molecule has 164 valence electrons. The third-order valence-electron chi connectivity index (χ3n) is 5.40. The van der Waals surface area contributed by atoms with Gasteiger partial charge >= 0.3 is 0 Å². The zero-order chi connectivity index (χ0) is 22.7. The van der Waals surface area contributed by atoms with Gasteiger partial charge in [-0.05, 0) is 42.0 Å². The number of carbonyl (C=O) groups excluding carboxylic acids is 2. The fourth-order valence-electron chi connectivity index (χ4n) is 3.74. The molecule has 2 amide bonds. The number of methoxy groups -OCH3 is 2. The van der Waals surface area contributed by atoms with Crippen LogP contribution in [0.15, 0.2) is 72.8 Å². The maximum Gasteiger partial charge on any atom is 0.258 e. The van der Waals surface area contributed by atoms with Crippen LogP contribution < -0.4 is 19.3 Å². The molecule has 1 atom stereocenters. The van der Waals surface area contributed by atoms with Gasteiger partial charge in [0, 0.05) is 18.3 Å². The van der Waals surface area contributed by atoms with Crippen LogP contribution >= 0.6 is 11.8 Å². The summed E-state index contributed by atoms with van der Waals surface area (Å²) in [6.45, 7) is 0. The molecule has 1 saturated heterocycles. The van der Waals surface area contributed by atoms with Crippen LogP contribution in [-0.2, 0) is 4.79 Å². The van der Waals surface area contributed by atoms with E-state index in [-0.39, 0.29) is 17.2 Å². The van der Waals surface area contributed by atoms with Gasteiger partial charge in [0.25, 0.3) is 5.91 Å². The zero-order valence-electron chi connectivity index (χ0n) is 18.1. The van der Waals surface area contributed by atoms with Crippen molar-refractivity contribution < 1.29 is 19.1 Å². The van der Waals surface area contributed by atoms with Crippen LogP contribution in [0.4, 0.5) is 11.4 Å². The Morgan fingerprint density at radius 1 is 0.969 bits per heavy atom. The van der Waals surface area contributed by atoms with Gasteiger partial charge in [-0.1, -0.05) is 36.4 Å². The first-order chi connectivity index (χ1) is 15.5. The number of hydrogen-bond acceptors (Lipinski definition) is 5. The Balaban J connectivity index is 1.61. The summed E-state index contributed by atoms with van der Waals surface area (Å²) in [5.41, 5.74) is 3.01. The molecule has 0 aliphatic carbocycles. The molecule has 0 aromatic heterocycles. The van der Waals surface area contributed by atoms with Crippen LogP contribution in [0.3, 0.4) is 0 Å². The van der Waals surface area contributed by atoms with Crippen molar-refractivity contribution >= 4 is 35.0 Å². The Morgan fingerprint density at radius 2 is 1.69 bits per heavy atom. The molecule has 1 aliphatic heterocycles. The molecular weight excluding hydrogens is 424 g/mol. The van der Waals surface area contributed by atoms with Crippen LogP contribution in [0.1, 0.15) is 21.3 Å². The average molecular weight is 449 g/mol. The molecule has 0 radical (unpaired) electrons. The number of amides is 2. The molecule has 6 nitrogen and oxygen atoms in total. The lowest BCUT2D eigenvalue weighted by molar-refractivity contribution is -0.115. The van der Waals surface area contributed by atoms with Crippen molar-refractivity contribution in [3.63, 3.8) is 0 Å². The highest BCUT2D eigenvalue weighted by Crippen LogP contribution is 2.47. The van der Waals surface area contributed by atoms with E-state index in [2.05, 4.69) is 0 Å². The van der Waals surface area contributed by atoms with Crippen LogP contribution in [0.2, 0.25) is 0 Å². The quantitative estimate of drug-likeness (QED) is 0.544. The van der Waals surface area contributed by atoms with Gasteiger partial charge in [0.2, 0.25) is 5.91 Å². The van der Waals surface area contributed by atoms with Gasteiger partial charge < -0.3 is 14.4 Å². The largest absolute Gasteiger partial charge is 0.493 e. The number of carbonyl (C=O) groups is 2. The van der Waals surface area contributed by atoms with Crippen molar-refractivity contribution in [3.05, 3.63) is 83.9 Å². The molecule has 0 bridgehead atoms. The number of nitrogens with zero attached hydrogens (tertiary/aromatic N) is 2. The fraction of sp³-hybridized carbons (Fsp3) is 0.200. The lowest BCUT2D eigenvalue weighted by atomic mass is 10.1. The number of hydrogen-bond donors (Lipinski definition) is 0. The summed E-state index contributed by atoms with van der Waals surface area (Å²) >= 11 is 1.54. The van der Waals surface area contributed by atoms with Crippen molar-refractivity contribution in [2.24, 2.45) is 0 Å².